The van der Waals surface area contributed by atoms with E-state index in [1.165, 1.54) is 12.7 Å². The molecule has 0 radical (unpaired) electrons. The second kappa shape index (κ2) is 3.75. The number of methoxy groups -OCH3 is 1. The fourth-order valence-corrected chi connectivity index (χ4v) is 6.10. The van der Waals surface area contributed by atoms with Crippen molar-refractivity contribution in [2.24, 2.45) is 5.41 Å². The van der Waals surface area contributed by atoms with Crippen LogP contribution < -0.4 is 0 Å². The molecule has 6 aliphatic rings. The van der Waals surface area contributed by atoms with E-state index in [1.54, 1.807) is 6.08 Å². The molecule has 2 saturated heterocycles. The standard InChI is InChI=1S/C18H21NO5/c1-19-6-5-16-13-9-3-4-17(21,22-2)15(13)23-14(16)10(20)8-12-18(16,24-12)11(19)7-9/h3,8,10-11,14,20-21H,4-7H2,1-2H3/t10-,11+,14-,16-,17?,18-/m0/s1. The Morgan fingerprint density at radius 1 is 1.42 bits per heavy atom. The van der Waals surface area contributed by atoms with Gasteiger partial charge in [-0.2, -0.15) is 0 Å². The molecule has 3 heterocycles. The van der Waals surface area contributed by atoms with Crippen LogP contribution in [0, 0.1) is 5.41 Å². The quantitative estimate of drug-likeness (QED) is 0.536. The maximum atomic E-state index is 11.0. The lowest BCUT2D eigenvalue weighted by Gasteiger charge is -2.55. The molecule has 24 heavy (non-hydrogen) atoms. The summed E-state index contributed by atoms with van der Waals surface area (Å²) in [4.78, 5) is 2.37. The van der Waals surface area contributed by atoms with Gasteiger partial charge in [-0.15, -0.1) is 0 Å². The van der Waals surface area contributed by atoms with Crippen molar-refractivity contribution in [2.45, 2.75) is 48.9 Å². The van der Waals surface area contributed by atoms with Crippen molar-refractivity contribution in [1.82, 2.24) is 4.90 Å². The molecule has 0 amide bonds. The molecular weight excluding hydrogens is 310 g/mol. The number of nitrogens with zero attached hydrogens (tertiary/aromatic N) is 1. The number of rotatable bonds is 1. The van der Waals surface area contributed by atoms with Crippen molar-refractivity contribution in [2.75, 3.05) is 20.7 Å². The summed E-state index contributed by atoms with van der Waals surface area (Å²) in [6.07, 6.45) is 4.82. The van der Waals surface area contributed by atoms with Crippen molar-refractivity contribution in [1.29, 1.82) is 0 Å². The van der Waals surface area contributed by atoms with Gasteiger partial charge in [-0.3, -0.25) is 4.90 Å². The SMILES string of the molecule is COC1(O)CC=C2C[C@H]3N(C)CC[C@]45C2=C1O[C@H]4[C@@H](O)C=C1O[C@]135. The molecule has 6 rings (SSSR count). The Hall–Kier alpha value is -1.34. The molecule has 6 heteroatoms. The molecule has 1 saturated carbocycles. The summed E-state index contributed by atoms with van der Waals surface area (Å²) in [6, 6.07) is 0.249. The van der Waals surface area contributed by atoms with E-state index in [1.807, 2.05) is 0 Å². The number of hydrogen-bond acceptors (Lipinski definition) is 6. The zero-order chi connectivity index (χ0) is 16.5. The van der Waals surface area contributed by atoms with Gasteiger partial charge in [0.25, 0.3) is 0 Å². The lowest BCUT2D eigenvalue weighted by Crippen LogP contribution is -2.68. The van der Waals surface area contributed by atoms with Crippen LogP contribution in [0.15, 0.2) is 34.8 Å². The highest BCUT2D eigenvalue weighted by Gasteiger charge is 2.84. The smallest absolute Gasteiger partial charge is 0.228 e. The highest BCUT2D eigenvalue weighted by Crippen LogP contribution is 2.75. The first kappa shape index (κ1) is 13.9. The molecule has 3 aliphatic heterocycles. The minimum absolute atomic E-state index is 0.249. The normalized spacial score (nSPS) is 53.4. The molecule has 0 aromatic carbocycles. The van der Waals surface area contributed by atoms with Gasteiger partial charge in [0.05, 0.1) is 11.5 Å². The Morgan fingerprint density at radius 2 is 2.25 bits per heavy atom. The molecule has 1 unspecified atom stereocenters. The third kappa shape index (κ3) is 1.14. The molecule has 0 aromatic rings. The summed E-state index contributed by atoms with van der Waals surface area (Å²) in [5.41, 5.74) is 1.43. The third-order valence-electron chi connectivity index (χ3n) is 7.21. The molecular formula is C18H21NO5. The molecule has 6 atom stereocenters. The van der Waals surface area contributed by atoms with Crippen molar-refractivity contribution in [3.05, 3.63) is 34.8 Å². The predicted molar refractivity (Wildman–Crippen MR) is 82.5 cm³/mol. The molecule has 2 N–H and O–H groups in total. The second-order valence-corrected chi connectivity index (χ2v) is 7.95. The van der Waals surface area contributed by atoms with Crippen LogP contribution >= 0.6 is 0 Å². The van der Waals surface area contributed by atoms with Gasteiger partial charge in [0, 0.05) is 19.1 Å². The van der Waals surface area contributed by atoms with Gasteiger partial charge in [-0.25, -0.2) is 0 Å². The summed E-state index contributed by atoms with van der Waals surface area (Å²) < 4.78 is 17.9. The first-order valence-corrected chi connectivity index (χ1v) is 8.66. The number of ether oxygens (including phenoxy) is 3. The highest BCUT2D eigenvalue weighted by molar-refractivity contribution is 5.62. The number of aliphatic hydroxyl groups is 2. The molecule has 3 fully saturated rings. The molecule has 128 valence electrons. The summed E-state index contributed by atoms with van der Waals surface area (Å²) in [7, 11) is 3.64. The molecule has 0 aromatic heterocycles. The average molecular weight is 331 g/mol. The van der Waals surface area contributed by atoms with Crippen LogP contribution in [0.2, 0.25) is 0 Å². The third-order valence-corrected chi connectivity index (χ3v) is 7.21. The first-order chi connectivity index (χ1) is 11.5. The number of piperidine rings is 1. The lowest BCUT2D eigenvalue weighted by molar-refractivity contribution is -0.190. The topological polar surface area (TPSA) is 74.7 Å². The average Bonchev–Trinajstić information content (AvgIpc) is 3.14. The Labute approximate surface area is 140 Å². The zero-order valence-electron chi connectivity index (χ0n) is 13.8. The summed E-state index contributed by atoms with van der Waals surface area (Å²) in [5, 5.41) is 21.7. The van der Waals surface area contributed by atoms with E-state index in [0.717, 1.165) is 30.7 Å². The van der Waals surface area contributed by atoms with Crippen LogP contribution in [-0.2, 0) is 14.2 Å². The van der Waals surface area contributed by atoms with E-state index in [2.05, 4.69) is 18.0 Å². The number of aliphatic hydroxyl groups excluding tert-OH is 1. The minimum atomic E-state index is -1.45. The Kier molecular flexibility index (Phi) is 2.17. The van der Waals surface area contributed by atoms with Crippen molar-refractivity contribution in [3.8, 4) is 0 Å². The van der Waals surface area contributed by atoms with Gasteiger partial charge in [0.1, 0.15) is 18.0 Å². The fourth-order valence-electron chi connectivity index (χ4n) is 6.10. The maximum absolute atomic E-state index is 11.0. The van der Waals surface area contributed by atoms with Gasteiger partial charge in [-0.1, -0.05) is 6.08 Å². The molecule has 2 spiro atoms. The lowest BCUT2D eigenvalue weighted by atomic mass is 9.50. The summed E-state index contributed by atoms with van der Waals surface area (Å²) >= 11 is 0. The predicted octanol–water partition coefficient (Wildman–Crippen LogP) is 0.426. The van der Waals surface area contributed by atoms with Gasteiger partial charge in [-0.05, 0) is 38.1 Å². The number of epoxide rings is 1. The Bertz CT molecular complexity index is 771. The zero-order valence-corrected chi connectivity index (χ0v) is 13.8. The van der Waals surface area contributed by atoms with Crippen LogP contribution in [0.5, 0.6) is 0 Å². The first-order valence-electron chi connectivity index (χ1n) is 8.66. The number of likely N-dealkylation sites (tertiary alicyclic amines) is 1. The Morgan fingerprint density at radius 3 is 3.04 bits per heavy atom. The molecule has 6 nitrogen and oxygen atoms in total. The van der Waals surface area contributed by atoms with Gasteiger partial charge >= 0.3 is 0 Å². The van der Waals surface area contributed by atoms with E-state index < -0.39 is 29.0 Å². The van der Waals surface area contributed by atoms with Crippen LogP contribution in [-0.4, -0.2) is 65.5 Å². The summed E-state index contributed by atoms with van der Waals surface area (Å²) in [6.45, 7) is 0.922. The fraction of sp³-hybridized carbons (Fsp3) is 0.667. The summed E-state index contributed by atoms with van der Waals surface area (Å²) in [5.74, 6) is -0.0540. The number of likely N-dealkylation sites (N-methyl/N-ethyl adjacent to an activating group) is 1. The van der Waals surface area contributed by atoms with E-state index in [-0.39, 0.29) is 6.04 Å². The van der Waals surface area contributed by atoms with Gasteiger partial charge in [0.15, 0.2) is 11.4 Å². The Balaban J connectivity index is 1.66. The number of hydrogen-bond donors (Lipinski definition) is 2. The van der Waals surface area contributed by atoms with Crippen molar-refractivity contribution < 1.29 is 24.4 Å². The van der Waals surface area contributed by atoms with Gasteiger partial charge < -0.3 is 24.4 Å². The van der Waals surface area contributed by atoms with Crippen LogP contribution in [0.3, 0.4) is 0 Å². The van der Waals surface area contributed by atoms with Crippen LogP contribution in [0.1, 0.15) is 19.3 Å². The second-order valence-electron chi connectivity index (χ2n) is 7.95. The van der Waals surface area contributed by atoms with E-state index in [0.29, 0.717) is 12.2 Å². The van der Waals surface area contributed by atoms with Gasteiger partial charge in [0.2, 0.25) is 5.79 Å². The monoisotopic (exact) mass is 331 g/mol. The molecule has 2 bridgehead atoms. The maximum Gasteiger partial charge on any atom is 0.228 e. The van der Waals surface area contributed by atoms with Crippen molar-refractivity contribution >= 4 is 0 Å². The largest absolute Gasteiger partial charge is 0.485 e. The van der Waals surface area contributed by atoms with Crippen LogP contribution in [0.25, 0.3) is 0 Å². The van der Waals surface area contributed by atoms with Crippen LogP contribution in [0.4, 0.5) is 0 Å². The van der Waals surface area contributed by atoms with E-state index in [4.69, 9.17) is 14.2 Å². The van der Waals surface area contributed by atoms with E-state index >= 15 is 0 Å². The minimum Gasteiger partial charge on any atom is -0.485 e. The van der Waals surface area contributed by atoms with Crippen molar-refractivity contribution in [3.63, 3.8) is 0 Å². The molecule has 3 aliphatic carbocycles. The highest BCUT2D eigenvalue weighted by atomic mass is 16.7. The van der Waals surface area contributed by atoms with E-state index in [9.17, 15) is 10.2 Å².